The second-order valence-electron chi connectivity index (χ2n) is 3.86. The largest absolute Gasteiger partial charge is 0.392 e. The van der Waals surface area contributed by atoms with Crippen molar-refractivity contribution in [2.45, 2.75) is 13.0 Å². The molecule has 0 heterocycles. The van der Waals surface area contributed by atoms with E-state index in [9.17, 15) is 8.42 Å². The van der Waals surface area contributed by atoms with Gasteiger partial charge in [0.05, 0.1) is 18.6 Å². The van der Waals surface area contributed by atoms with E-state index in [2.05, 4.69) is 9.76 Å². The zero-order chi connectivity index (χ0) is 12.5. The average Bonchev–Trinajstić information content (AvgIpc) is 2.67. The third kappa shape index (κ3) is 2.85. The molecule has 0 atom stereocenters. The van der Waals surface area contributed by atoms with E-state index < -0.39 is 10.1 Å². The molecule has 0 radical (unpaired) electrons. The number of hydrogen-bond donors (Lipinski definition) is 2. The quantitative estimate of drug-likeness (QED) is 0.769. The summed E-state index contributed by atoms with van der Waals surface area (Å²) >= 11 is 0. The summed E-state index contributed by atoms with van der Waals surface area (Å²) in [6.07, 6.45) is 3.54. The Hall–Kier alpha value is -1.37. The lowest BCUT2D eigenvalue weighted by Gasteiger charge is -2.09. The number of aliphatic hydroxyl groups excluding tert-OH is 1. The molecule has 0 saturated heterocycles. The SMILES string of the molecule is CS(=O)(=O)ONC1=CCc2ccc(CO)cc21. The van der Waals surface area contributed by atoms with Crippen LogP contribution in [0.4, 0.5) is 0 Å². The van der Waals surface area contributed by atoms with Gasteiger partial charge in [0.2, 0.25) is 0 Å². The standard InChI is InChI=1S/C11H13NO4S/c1-17(14,15)16-12-11-5-4-9-3-2-8(7-13)6-10(9)11/h2-3,5-6,12-13H,4,7H2,1H3. The smallest absolute Gasteiger partial charge is 0.284 e. The lowest BCUT2D eigenvalue weighted by Crippen LogP contribution is -2.17. The number of hydrogen-bond acceptors (Lipinski definition) is 5. The van der Waals surface area contributed by atoms with Gasteiger partial charge in [-0.1, -0.05) is 18.2 Å². The molecule has 0 bridgehead atoms. The number of hydroxylamine groups is 1. The summed E-state index contributed by atoms with van der Waals surface area (Å²) in [7, 11) is -3.53. The molecular weight excluding hydrogens is 242 g/mol. The number of aliphatic hydroxyl groups is 1. The van der Waals surface area contributed by atoms with Crippen LogP contribution in [0.15, 0.2) is 24.3 Å². The molecule has 1 aliphatic carbocycles. The molecule has 0 unspecified atom stereocenters. The van der Waals surface area contributed by atoms with Crippen molar-refractivity contribution in [1.29, 1.82) is 0 Å². The average molecular weight is 255 g/mol. The van der Waals surface area contributed by atoms with Gasteiger partial charge in [0, 0.05) is 5.56 Å². The zero-order valence-electron chi connectivity index (χ0n) is 9.30. The number of allylic oxidation sites excluding steroid dienone is 1. The Balaban J connectivity index is 2.20. The molecule has 5 nitrogen and oxygen atoms in total. The van der Waals surface area contributed by atoms with Gasteiger partial charge in [-0.25, -0.2) is 5.48 Å². The molecule has 17 heavy (non-hydrogen) atoms. The summed E-state index contributed by atoms with van der Waals surface area (Å²) in [6.45, 7) is -0.0481. The van der Waals surface area contributed by atoms with Crippen molar-refractivity contribution in [2.24, 2.45) is 0 Å². The third-order valence-corrected chi connectivity index (χ3v) is 2.86. The highest BCUT2D eigenvalue weighted by molar-refractivity contribution is 7.85. The minimum atomic E-state index is -3.53. The van der Waals surface area contributed by atoms with Crippen molar-refractivity contribution >= 4 is 15.8 Å². The van der Waals surface area contributed by atoms with E-state index in [1.54, 1.807) is 0 Å². The van der Waals surface area contributed by atoms with Crippen LogP contribution in [0.2, 0.25) is 0 Å². The van der Waals surface area contributed by atoms with Gasteiger partial charge < -0.3 is 5.11 Å². The van der Waals surface area contributed by atoms with Gasteiger partial charge in [-0.3, -0.25) is 0 Å². The molecule has 2 N–H and O–H groups in total. The number of rotatable bonds is 4. The van der Waals surface area contributed by atoms with E-state index >= 15 is 0 Å². The van der Waals surface area contributed by atoms with Gasteiger partial charge in [-0.2, -0.15) is 12.7 Å². The first kappa shape index (κ1) is 12.1. The van der Waals surface area contributed by atoms with Gasteiger partial charge >= 0.3 is 0 Å². The highest BCUT2D eigenvalue weighted by Gasteiger charge is 2.16. The second kappa shape index (κ2) is 4.48. The van der Waals surface area contributed by atoms with Gasteiger partial charge in [0.15, 0.2) is 0 Å². The van der Waals surface area contributed by atoms with E-state index in [1.807, 2.05) is 24.3 Å². The Kier molecular flexibility index (Phi) is 3.19. The summed E-state index contributed by atoms with van der Waals surface area (Å²) in [5.41, 5.74) is 5.74. The fourth-order valence-electron chi connectivity index (χ4n) is 1.69. The molecular formula is C11H13NO4S. The van der Waals surface area contributed by atoms with Crippen LogP contribution < -0.4 is 5.48 Å². The van der Waals surface area contributed by atoms with E-state index in [-0.39, 0.29) is 6.61 Å². The maximum atomic E-state index is 10.9. The molecule has 0 fully saturated rings. The lowest BCUT2D eigenvalue weighted by atomic mass is 10.1. The fraction of sp³-hybridized carbons (Fsp3) is 0.273. The highest BCUT2D eigenvalue weighted by atomic mass is 32.2. The maximum absolute atomic E-state index is 10.9. The topological polar surface area (TPSA) is 75.6 Å². The van der Waals surface area contributed by atoms with Crippen LogP contribution in [-0.2, 0) is 27.4 Å². The number of nitrogens with one attached hydrogen (secondary N) is 1. The molecule has 0 aliphatic heterocycles. The number of benzene rings is 1. The first-order valence-electron chi connectivity index (χ1n) is 5.07. The first-order valence-corrected chi connectivity index (χ1v) is 6.89. The van der Waals surface area contributed by atoms with E-state index in [1.165, 1.54) is 0 Å². The van der Waals surface area contributed by atoms with Gasteiger partial charge in [-0.05, 0) is 23.6 Å². The minimum Gasteiger partial charge on any atom is -0.392 e. The Morgan fingerprint density at radius 1 is 1.47 bits per heavy atom. The molecule has 0 aromatic heterocycles. The first-order chi connectivity index (χ1) is 7.99. The molecule has 0 amide bonds. The Bertz CT molecular complexity index is 563. The second-order valence-corrected chi connectivity index (χ2v) is 5.44. The van der Waals surface area contributed by atoms with Crippen molar-refractivity contribution in [3.05, 3.63) is 41.0 Å². The molecule has 92 valence electrons. The Morgan fingerprint density at radius 3 is 2.88 bits per heavy atom. The van der Waals surface area contributed by atoms with E-state index in [4.69, 9.17) is 5.11 Å². The van der Waals surface area contributed by atoms with Crippen molar-refractivity contribution < 1.29 is 17.8 Å². The summed E-state index contributed by atoms with van der Waals surface area (Å²) in [5.74, 6) is 0. The normalized spacial score (nSPS) is 14.4. The molecule has 0 spiro atoms. The van der Waals surface area contributed by atoms with Crippen molar-refractivity contribution in [3.63, 3.8) is 0 Å². The summed E-state index contributed by atoms with van der Waals surface area (Å²) in [6, 6.07) is 5.56. The van der Waals surface area contributed by atoms with Crippen molar-refractivity contribution in [2.75, 3.05) is 6.26 Å². The van der Waals surface area contributed by atoms with Crippen LogP contribution in [0, 0.1) is 0 Å². The molecule has 1 aromatic rings. The molecule has 0 saturated carbocycles. The third-order valence-electron chi connectivity index (χ3n) is 2.48. The van der Waals surface area contributed by atoms with Crippen LogP contribution in [0.5, 0.6) is 0 Å². The van der Waals surface area contributed by atoms with Gasteiger partial charge in [0.25, 0.3) is 10.1 Å². The van der Waals surface area contributed by atoms with Crippen LogP contribution in [0.25, 0.3) is 5.70 Å². The maximum Gasteiger partial charge on any atom is 0.284 e. The van der Waals surface area contributed by atoms with Crippen LogP contribution >= 0.6 is 0 Å². The molecule has 1 aliphatic rings. The van der Waals surface area contributed by atoms with Crippen LogP contribution in [0.1, 0.15) is 16.7 Å². The predicted molar refractivity (Wildman–Crippen MR) is 63.1 cm³/mol. The minimum absolute atomic E-state index is 0.0481. The fourth-order valence-corrected chi connectivity index (χ4v) is 1.93. The summed E-state index contributed by atoms with van der Waals surface area (Å²) in [5, 5.41) is 9.05. The Labute approximate surface area is 99.8 Å². The summed E-state index contributed by atoms with van der Waals surface area (Å²) < 4.78 is 26.3. The van der Waals surface area contributed by atoms with E-state index in [0.29, 0.717) is 5.70 Å². The number of fused-ring (bicyclic) bond motifs is 1. The summed E-state index contributed by atoms with van der Waals surface area (Å²) in [4.78, 5) is 0. The Morgan fingerprint density at radius 2 is 2.24 bits per heavy atom. The van der Waals surface area contributed by atoms with Gasteiger partial charge in [0.1, 0.15) is 0 Å². The predicted octanol–water partition coefficient (Wildman–Crippen LogP) is 0.557. The zero-order valence-corrected chi connectivity index (χ0v) is 10.1. The van der Waals surface area contributed by atoms with Crippen molar-refractivity contribution in [3.8, 4) is 0 Å². The van der Waals surface area contributed by atoms with Crippen LogP contribution in [0.3, 0.4) is 0 Å². The van der Waals surface area contributed by atoms with Crippen LogP contribution in [-0.4, -0.2) is 19.8 Å². The highest BCUT2D eigenvalue weighted by Crippen LogP contribution is 2.26. The molecule has 1 aromatic carbocycles. The van der Waals surface area contributed by atoms with E-state index in [0.717, 1.165) is 29.4 Å². The molecule has 6 heteroatoms. The molecule has 2 rings (SSSR count). The van der Waals surface area contributed by atoms with Crippen molar-refractivity contribution in [1.82, 2.24) is 5.48 Å². The lowest BCUT2D eigenvalue weighted by molar-refractivity contribution is 0.262. The van der Waals surface area contributed by atoms with Gasteiger partial charge in [-0.15, -0.1) is 0 Å². The monoisotopic (exact) mass is 255 g/mol.